The number of rotatable bonds is 32. The van der Waals surface area contributed by atoms with Crippen molar-refractivity contribution in [2.24, 2.45) is 23.7 Å². The highest BCUT2D eigenvalue weighted by molar-refractivity contribution is 5.94. The number of carbonyl (C=O) groups is 4. The van der Waals surface area contributed by atoms with E-state index < -0.39 is 0 Å². The van der Waals surface area contributed by atoms with Gasteiger partial charge in [-0.1, -0.05) is 145 Å². The van der Waals surface area contributed by atoms with Crippen LogP contribution in [0.1, 0.15) is 225 Å². The monoisotopic (exact) mass is 837 g/mol. The van der Waals surface area contributed by atoms with E-state index in [1.807, 2.05) is 0 Å². The molecule has 2 aromatic rings. The van der Waals surface area contributed by atoms with Gasteiger partial charge in [-0.25, -0.2) is 19.2 Å². The molecule has 0 saturated carbocycles. The number of benzene rings is 2. The van der Waals surface area contributed by atoms with Crippen molar-refractivity contribution in [2.45, 2.75) is 184 Å². The van der Waals surface area contributed by atoms with Crippen LogP contribution in [-0.4, -0.2) is 50.3 Å². The first-order valence-electron chi connectivity index (χ1n) is 24.0. The fourth-order valence-corrected chi connectivity index (χ4v) is 7.19. The van der Waals surface area contributed by atoms with Crippen molar-refractivity contribution >= 4 is 23.9 Å². The van der Waals surface area contributed by atoms with Crippen molar-refractivity contribution in [1.29, 1.82) is 0 Å². The molecule has 4 atom stereocenters. The van der Waals surface area contributed by atoms with Gasteiger partial charge >= 0.3 is 23.9 Å². The minimum atomic E-state index is -0.333. The molecule has 8 nitrogen and oxygen atoms in total. The van der Waals surface area contributed by atoms with Crippen LogP contribution >= 0.6 is 0 Å². The average Bonchev–Trinajstić information content (AvgIpc) is 3.27. The number of hydrogen-bond acceptors (Lipinski definition) is 8. The van der Waals surface area contributed by atoms with Crippen LogP contribution < -0.4 is 0 Å². The van der Waals surface area contributed by atoms with Gasteiger partial charge in [-0.15, -0.1) is 0 Å². The number of unbranched alkanes of at least 4 members (excludes halogenated alkanes) is 6. The van der Waals surface area contributed by atoms with Crippen LogP contribution in [0, 0.1) is 23.7 Å². The zero-order chi connectivity index (χ0) is 44.4. The Morgan fingerprint density at radius 1 is 0.333 bits per heavy atom. The Labute approximate surface area is 365 Å². The first kappa shape index (κ1) is 54.3. The second-order valence-corrected chi connectivity index (χ2v) is 16.7. The van der Waals surface area contributed by atoms with Crippen molar-refractivity contribution in [3.63, 3.8) is 0 Å². The summed E-state index contributed by atoms with van der Waals surface area (Å²) in [6.45, 7) is 19.2. The SMILES string of the molecule is CCCCC(CC)COC(=O)c1ccc(C(=O)OCC(CC)CCCC)cc1.CCCCCC(CCC)COC(=O)c1ccc(C(=O)OCC(CCC)CCCCC)cc1. The van der Waals surface area contributed by atoms with Crippen LogP contribution in [0.25, 0.3) is 0 Å². The van der Waals surface area contributed by atoms with Gasteiger partial charge in [0.05, 0.1) is 48.7 Å². The van der Waals surface area contributed by atoms with Gasteiger partial charge in [0.1, 0.15) is 0 Å². The molecule has 60 heavy (non-hydrogen) atoms. The lowest BCUT2D eigenvalue weighted by molar-refractivity contribution is 0.0410. The smallest absolute Gasteiger partial charge is 0.338 e. The van der Waals surface area contributed by atoms with Gasteiger partial charge in [-0.3, -0.25) is 0 Å². The van der Waals surface area contributed by atoms with Crippen LogP contribution in [0.3, 0.4) is 0 Å². The van der Waals surface area contributed by atoms with Gasteiger partial charge in [-0.2, -0.15) is 0 Å². The second-order valence-electron chi connectivity index (χ2n) is 16.7. The van der Waals surface area contributed by atoms with Gasteiger partial charge in [-0.05, 0) is 111 Å². The third-order valence-corrected chi connectivity index (χ3v) is 11.4. The van der Waals surface area contributed by atoms with Crippen LogP contribution in [0.15, 0.2) is 48.5 Å². The maximum Gasteiger partial charge on any atom is 0.338 e. The zero-order valence-corrected chi connectivity index (χ0v) is 39.2. The molecule has 0 radical (unpaired) electrons. The second kappa shape index (κ2) is 35.0. The van der Waals surface area contributed by atoms with E-state index in [1.165, 1.54) is 38.5 Å². The van der Waals surface area contributed by atoms with Crippen LogP contribution in [-0.2, 0) is 18.9 Å². The fourth-order valence-electron chi connectivity index (χ4n) is 7.19. The summed E-state index contributed by atoms with van der Waals surface area (Å²) in [7, 11) is 0. The van der Waals surface area contributed by atoms with Gasteiger partial charge in [0, 0.05) is 0 Å². The van der Waals surface area contributed by atoms with Gasteiger partial charge in [0.15, 0.2) is 0 Å². The Morgan fingerprint density at radius 3 is 0.817 bits per heavy atom. The molecule has 2 rings (SSSR count). The molecule has 4 unspecified atom stereocenters. The minimum Gasteiger partial charge on any atom is -0.462 e. The lowest BCUT2D eigenvalue weighted by Gasteiger charge is -2.17. The van der Waals surface area contributed by atoms with Crippen LogP contribution in [0.5, 0.6) is 0 Å². The molecule has 8 heteroatoms. The molecule has 0 aliphatic rings. The van der Waals surface area contributed by atoms with E-state index in [2.05, 4.69) is 55.4 Å². The first-order chi connectivity index (χ1) is 29.1. The first-order valence-corrected chi connectivity index (χ1v) is 24.0. The molecule has 340 valence electrons. The van der Waals surface area contributed by atoms with E-state index in [-0.39, 0.29) is 23.9 Å². The molecule has 2 aromatic carbocycles. The third-order valence-electron chi connectivity index (χ3n) is 11.4. The number of hydrogen-bond donors (Lipinski definition) is 0. The highest BCUT2D eigenvalue weighted by Gasteiger charge is 2.18. The summed E-state index contributed by atoms with van der Waals surface area (Å²) in [5.74, 6) is 0.382. The molecule has 0 aromatic heterocycles. The van der Waals surface area contributed by atoms with Crippen LogP contribution in [0.4, 0.5) is 0 Å². The Balaban J connectivity index is 0.000000605. The Bertz CT molecular complexity index is 1300. The van der Waals surface area contributed by atoms with Crippen molar-refractivity contribution in [3.8, 4) is 0 Å². The summed E-state index contributed by atoms with van der Waals surface area (Å²) in [4.78, 5) is 49.3. The van der Waals surface area contributed by atoms with E-state index >= 15 is 0 Å². The molecular formula is C52H84O8. The van der Waals surface area contributed by atoms with Gasteiger partial charge in [0.2, 0.25) is 0 Å². The minimum absolute atomic E-state index is 0.319. The quantitative estimate of drug-likeness (QED) is 0.0407. The van der Waals surface area contributed by atoms with Gasteiger partial charge in [0.25, 0.3) is 0 Å². The summed E-state index contributed by atoms with van der Waals surface area (Å²) < 4.78 is 22.1. The Hall–Kier alpha value is -3.68. The van der Waals surface area contributed by atoms with Crippen molar-refractivity contribution < 1.29 is 38.1 Å². The lowest BCUT2D eigenvalue weighted by Crippen LogP contribution is -2.16. The fraction of sp³-hybridized carbons (Fsp3) is 0.692. The lowest BCUT2D eigenvalue weighted by atomic mass is 9.97. The third kappa shape index (κ3) is 23.9. The molecular weight excluding hydrogens is 753 g/mol. The number of esters is 4. The molecule has 0 amide bonds. The summed E-state index contributed by atoms with van der Waals surface area (Å²) in [5, 5.41) is 0. The summed E-state index contributed by atoms with van der Waals surface area (Å²) >= 11 is 0. The molecule has 0 saturated heterocycles. The molecule has 0 heterocycles. The van der Waals surface area contributed by atoms with Crippen molar-refractivity contribution in [3.05, 3.63) is 70.8 Å². The highest BCUT2D eigenvalue weighted by atomic mass is 16.5. The predicted molar refractivity (Wildman–Crippen MR) is 246 cm³/mol. The van der Waals surface area contributed by atoms with E-state index in [0.717, 1.165) is 89.9 Å². The summed E-state index contributed by atoms with van der Waals surface area (Å²) in [6, 6.07) is 13.2. The topological polar surface area (TPSA) is 105 Å². The zero-order valence-electron chi connectivity index (χ0n) is 39.2. The van der Waals surface area contributed by atoms with Gasteiger partial charge < -0.3 is 18.9 Å². The molecule has 0 aliphatic heterocycles. The van der Waals surface area contributed by atoms with Crippen molar-refractivity contribution in [1.82, 2.24) is 0 Å². The maximum absolute atomic E-state index is 12.4. The normalized spacial score (nSPS) is 12.9. The summed E-state index contributed by atoms with van der Waals surface area (Å²) in [6.07, 6.45) is 22.6. The van der Waals surface area contributed by atoms with Crippen LogP contribution in [0.2, 0.25) is 0 Å². The molecule has 0 spiro atoms. The molecule has 0 N–H and O–H groups in total. The van der Waals surface area contributed by atoms with E-state index in [0.29, 0.717) is 72.4 Å². The van der Waals surface area contributed by atoms with E-state index in [4.69, 9.17) is 18.9 Å². The maximum atomic E-state index is 12.4. The molecule has 0 bridgehead atoms. The average molecular weight is 837 g/mol. The van der Waals surface area contributed by atoms with Crippen molar-refractivity contribution in [2.75, 3.05) is 26.4 Å². The van der Waals surface area contributed by atoms with E-state index in [1.54, 1.807) is 48.5 Å². The highest BCUT2D eigenvalue weighted by Crippen LogP contribution is 2.20. The van der Waals surface area contributed by atoms with E-state index in [9.17, 15) is 19.2 Å². The molecule has 0 aliphatic carbocycles. The number of carbonyl (C=O) groups excluding carboxylic acids is 4. The summed E-state index contributed by atoms with van der Waals surface area (Å²) in [5.41, 5.74) is 1.90. The number of ether oxygens (including phenoxy) is 4. The Kier molecular flexibility index (Phi) is 31.7. The largest absolute Gasteiger partial charge is 0.462 e. The standard InChI is InChI=1S/C28H46O4.C24H38O4/c1-5-9-11-15-23(13-7-3)21-31-27(29)25-17-19-26(20-18-25)28(30)32-22-24(14-8-4)16-12-10-6-2;1-5-9-11-19(7-3)17-27-23(25)21-13-15-22(16-14-21)24(26)28-18-20(8-4)12-10-6-2/h17-20,23-24H,5-16,21-22H2,1-4H3;13-16,19-20H,5-12,17-18H2,1-4H3. The Morgan fingerprint density at radius 2 is 0.583 bits per heavy atom. The predicted octanol–water partition coefficient (Wildman–Crippen LogP) is 14.4. The molecule has 0 fully saturated rings.